The first-order chi connectivity index (χ1) is 9.05. The van der Waals surface area contributed by atoms with Gasteiger partial charge in [0.1, 0.15) is 0 Å². The highest BCUT2D eigenvalue weighted by Crippen LogP contribution is 2.31. The second kappa shape index (κ2) is 6.09. The van der Waals surface area contributed by atoms with Gasteiger partial charge in [0.2, 0.25) is 0 Å². The number of halogens is 1. The molecule has 1 heterocycles. The zero-order chi connectivity index (χ0) is 13.9. The fourth-order valence-electron chi connectivity index (χ4n) is 2.79. The summed E-state index contributed by atoms with van der Waals surface area (Å²) in [5, 5.41) is 3.05. The maximum absolute atomic E-state index is 12.1. The Kier molecular flexibility index (Phi) is 4.68. The molecule has 0 aromatic carbocycles. The Morgan fingerprint density at radius 1 is 1.42 bits per heavy atom. The maximum atomic E-state index is 12.1. The molecule has 1 aliphatic rings. The average molecular weight is 329 g/mol. The van der Waals surface area contributed by atoms with E-state index in [-0.39, 0.29) is 11.4 Å². The fraction of sp³-hybridized carbons (Fsp3) is 0.643. The van der Waals surface area contributed by atoms with E-state index in [9.17, 15) is 4.79 Å². The van der Waals surface area contributed by atoms with Crippen molar-refractivity contribution in [3.05, 3.63) is 22.6 Å². The van der Waals surface area contributed by atoms with Crippen molar-refractivity contribution in [3.63, 3.8) is 0 Å². The zero-order valence-corrected chi connectivity index (χ0v) is 13.1. The first-order valence-corrected chi connectivity index (χ1v) is 7.53. The van der Waals surface area contributed by atoms with Crippen LogP contribution in [0.2, 0.25) is 0 Å². The lowest BCUT2D eigenvalue weighted by Crippen LogP contribution is -2.53. The van der Waals surface area contributed by atoms with Gasteiger partial charge in [0.15, 0.2) is 4.67 Å². The molecular formula is C14H21BrN2O2. The molecule has 0 unspecified atom stereocenters. The fourth-order valence-corrected chi connectivity index (χ4v) is 3.21. The highest BCUT2D eigenvalue weighted by Gasteiger charge is 2.34. The summed E-state index contributed by atoms with van der Waals surface area (Å²) >= 11 is 3.24. The number of hydrogen-bond acceptors (Lipinski definition) is 3. The Labute approximate surface area is 122 Å². The van der Waals surface area contributed by atoms with Gasteiger partial charge in [0.25, 0.3) is 5.91 Å². The Morgan fingerprint density at radius 2 is 2.11 bits per heavy atom. The minimum atomic E-state index is -0.0765. The molecule has 1 fully saturated rings. The van der Waals surface area contributed by atoms with Crippen LogP contribution in [0, 0.1) is 0 Å². The summed E-state index contributed by atoms with van der Waals surface area (Å²) in [6, 6.07) is 1.68. The Balaban J connectivity index is 1.99. The first-order valence-electron chi connectivity index (χ1n) is 6.74. The predicted octanol–water partition coefficient (Wildman–Crippen LogP) is 3.04. The summed E-state index contributed by atoms with van der Waals surface area (Å²) < 4.78 is 5.59. The van der Waals surface area contributed by atoms with Crippen LogP contribution < -0.4 is 5.32 Å². The molecular weight excluding hydrogens is 308 g/mol. The van der Waals surface area contributed by atoms with Gasteiger partial charge in [-0.25, -0.2) is 0 Å². The third-order valence-corrected chi connectivity index (χ3v) is 4.79. The molecule has 4 nitrogen and oxygen atoms in total. The Bertz CT molecular complexity index is 436. The number of nitrogens with zero attached hydrogens (tertiary/aromatic N) is 1. The zero-order valence-electron chi connectivity index (χ0n) is 11.5. The van der Waals surface area contributed by atoms with Gasteiger partial charge >= 0.3 is 0 Å². The van der Waals surface area contributed by atoms with Crippen molar-refractivity contribution in [1.29, 1.82) is 0 Å². The summed E-state index contributed by atoms with van der Waals surface area (Å²) in [6.45, 7) is 0.691. The van der Waals surface area contributed by atoms with Crippen LogP contribution in [0.1, 0.15) is 42.5 Å². The van der Waals surface area contributed by atoms with Crippen LogP contribution in [0.15, 0.2) is 21.4 Å². The number of amides is 1. The number of hydrogen-bond donors (Lipinski definition) is 1. The lowest BCUT2D eigenvalue weighted by molar-refractivity contribution is 0.0798. The first kappa shape index (κ1) is 14.6. The molecule has 5 heteroatoms. The van der Waals surface area contributed by atoms with Crippen LogP contribution in [0.25, 0.3) is 0 Å². The molecule has 1 amide bonds. The number of furan rings is 1. The van der Waals surface area contributed by atoms with Crippen molar-refractivity contribution in [3.8, 4) is 0 Å². The van der Waals surface area contributed by atoms with Crippen LogP contribution in [0.4, 0.5) is 0 Å². The van der Waals surface area contributed by atoms with Gasteiger partial charge in [0, 0.05) is 12.1 Å². The van der Waals surface area contributed by atoms with Crippen LogP contribution in [0.3, 0.4) is 0 Å². The van der Waals surface area contributed by atoms with E-state index in [1.54, 1.807) is 6.07 Å². The molecule has 2 rings (SSSR count). The molecule has 0 spiro atoms. The summed E-state index contributed by atoms with van der Waals surface area (Å²) in [5.74, 6) is -0.0765. The van der Waals surface area contributed by atoms with Crippen molar-refractivity contribution in [2.75, 3.05) is 20.6 Å². The number of carbonyl (C=O) groups is 1. The van der Waals surface area contributed by atoms with Crippen LogP contribution in [0.5, 0.6) is 0 Å². The van der Waals surface area contributed by atoms with E-state index in [1.807, 2.05) is 0 Å². The highest BCUT2D eigenvalue weighted by molar-refractivity contribution is 9.10. The number of likely N-dealkylation sites (N-methyl/N-ethyl adjacent to an activating group) is 1. The van der Waals surface area contributed by atoms with Crippen molar-refractivity contribution >= 4 is 21.8 Å². The lowest BCUT2D eigenvalue weighted by Gasteiger charge is -2.43. The second-order valence-corrected chi connectivity index (χ2v) is 6.19. The maximum Gasteiger partial charge on any atom is 0.255 e. The monoisotopic (exact) mass is 328 g/mol. The van der Waals surface area contributed by atoms with E-state index in [0.717, 1.165) is 12.8 Å². The molecule has 1 aromatic rings. The molecule has 0 saturated heterocycles. The van der Waals surface area contributed by atoms with Crippen molar-refractivity contribution < 1.29 is 9.21 Å². The molecule has 0 atom stereocenters. The number of nitrogens with one attached hydrogen (secondary N) is 1. The normalized spacial score (nSPS) is 18.5. The third-order valence-electron chi connectivity index (χ3n) is 4.17. The Morgan fingerprint density at radius 3 is 2.63 bits per heavy atom. The topological polar surface area (TPSA) is 45.5 Å². The minimum Gasteiger partial charge on any atom is -0.457 e. The van der Waals surface area contributed by atoms with E-state index >= 15 is 0 Å². The minimum absolute atomic E-state index is 0.0765. The lowest BCUT2D eigenvalue weighted by atomic mass is 9.80. The van der Waals surface area contributed by atoms with Crippen molar-refractivity contribution in [2.45, 2.75) is 37.6 Å². The summed E-state index contributed by atoms with van der Waals surface area (Å²) in [5.41, 5.74) is 0.661. The molecule has 1 N–H and O–H groups in total. The van der Waals surface area contributed by atoms with Gasteiger partial charge in [-0.1, -0.05) is 19.3 Å². The van der Waals surface area contributed by atoms with Gasteiger partial charge < -0.3 is 14.6 Å². The van der Waals surface area contributed by atoms with Gasteiger partial charge in [-0.3, -0.25) is 4.79 Å². The molecule has 19 heavy (non-hydrogen) atoms. The number of rotatable bonds is 4. The molecule has 0 radical (unpaired) electrons. The summed E-state index contributed by atoms with van der Waals surface area (Å²) in [7, 11) is 4.20. The molecule has 0 aliphatic heterocycles. The van der Waals surface area contributed by atoms with Gasteiger partial charge in [-0.05, 0) is 48.9 Å². The van der Waals surface area contributed by atoms with Crippen LogP contribution >= 0.6 is 15.9 Å². The quantitative estimate of drug-likeness (QED) is 0.923. The molecule has 106 valence electrons. The van der Waals surface area contributed by atoms with Crippen LogP contribution in [-0.4, -0.2) is 37.0 Å². The smallest absolute Gasteiger partial charge is 0.255 e. The van der Waals surface area contributed by atoms with E-state index in [2.05, 4.69) is 40.2 Å². The van der Waals surface area contributed by atoms with E-state index in [4.69, 9.17) is 4.42 Å². The summed E-state index contributed by atoms with van der Waals surface area (Å²) in [6.07, 6.45) is 7.59. The largest absolute Gasteiger partial charge is 0.457 e. The molecule has 1 saturated carbocycles. The molecule has 0 bridgehead atoms. The second-order valence-electron chi connectivity index (χ2n) is 5.47. The van der Waals surface area contributed by atoms with E-state index < -0.39 is 0 Å². The van der Waals surface area contributed by atoms with E-state index in [1.165, 1.54) is 25.5 Å². The predicted molar refractivity (Wildman–Crippen MR) is 78.2 cm³/mol. The standard InChI is InChI=1S/C14H21BrN2O2/c1-17(2)14(7-4-3-5-8-14)10-16-13(18)11-6-9-19-12(11)15/h6,9H,3-5,7-8,10H2,1-2H3,(H,16,18). The van der Waals surface area contributed by atoms with Crippen molar-refractivity contribution in [1.82, 2.24) is 10.2 Å². The van der Waals surface area contributed by atoms with Crippen LogP contribution in [-0.2, 0) is 0 Å². The van der Waals surface area contributed by atoms with Gasteiger partial charge in [-0.2, -0.15) is 0 Å². The summed E-state index contributed by atoms with van der Waals surface area (Å²) in [4.78, 5) is 14.4. The average Bonchev–Trinajstić information content (AvgIpc) is 2.83. The van der Waals surface area contributed by atoms with Crippen molar-refractivity contribution in [2.24, 2.45) is 0 Å². The third kappa shape index (κ3) is 3.20. The highest BCUT2D eigenvalue weighted by atomic mass is 79.9. The molecule has 1 aliphatic carbocycles. The molecule has 1 aromatic heterocycles. The Hall–Kier alpha value is -0.810. The van der Waals surface area contributed by atoms with E-state index in [0.29, 0.717) is 16.8 Å². The SMILES string of the molecule is CN(C)C1(CNC(=O)c2ccoc2Br)CCCCC1. The number of carbonyl (C=O) groups excluding carboxylic acids is 1. The van der Waals surface area contributed by atoms with Gasteiger partial charge in [-0.15, -0.1) is 0 Å². The van der Waals surface area contributed by atoms with Gasteiger partial charge in [0.05, 0.1) is 11.8 Å².